The molecule has 2 amide bonds. The Morgan fingerprint density at radius 2 is 1.84 bits per heavy atom. The molecule has 0 unspecified atom stereocenters. The Labute approximate surface area is 181 Å². The number of hydrogen-bond acceptors (Lipinski definition) is 4. The van der Waals surface area contributed by atoms with E-state index in [1.54, 1.807) is 18.4 Å². The van der Waals surface area contributed by atoms with Gasteiger partial charge in [-0.1, -0.05) is 25.0 Å². The minimum atomic E-state index is -0.604. The number of benzene rings is 1. The number of anilines is 1. The summed E-state index contributed by atoms with van der Waals surface area (Å²) in [6.45, 7) is 3.24. The van der Waals surface area contributed by atoms with Crippen LogP contribution in [-0.2, 0) is 9.59 Å². The van der Waals surface area contributed by atoms with Crippen LogP contribution in [-0.4, -0.2) is 50.6 Å². The molecule has 166 valence electrons. The fraction of sp³-hybridized carbons (Fsp3) is 0.478. The Balaban J connectivity index is 1.35. The van der Waals surface area contributed by atoms with Crippen LogP contribution in [0.25, 0.3) is 0 Å². The van der Waals surface area contributed by atoms with Gasteiger partial charge in [0.25, 0.3) is 0 Å². The normalized spacial score (nSPS) is 18.7. The number of nitrogens with zero attached hydrogens (tertiary/aromatic N) is 1. The molecule has 0 radical (unpaired) electrons. The van der Waals surface area contributed by atoms with E-state index < -0.39 is 11.8 Å². The molecule has 0 spiro atoms. The number of halogens is 1. The minimum Gasteiger partial charge on any atom is -0.463 e. The van der Waals surface area contributed by atoms with Crippen LogP contribution >= 0.6 is 0 Å². The summed E-state index contributed by atoms with van der Waals surface area (Å²) in [6, 6.07) is 10.5. The van der Waals surface area contributed by atoms with Gasteiger partial charge in [0.05, 0.1) is 44.7 Å². The van der Waals surface area contributed by atoms with E-state index in [-0.39, 0.29) is 17.9 Å². The zero-order valence-corrected chi connectivity index (χ0v) is 17.6. The number of rotatable bonds is 6. The molecule has 0 bridgehead atoms. The highest BCUT2D eigenvalue weighted by molar-refractivity contribution is 6.35. The summed E-state index contributed by atoms with van der Waals surface area (Å²) in [5.41, 5.74) is 0.619. The number of para-hydroxylation sites is 1. The van der Waals surface area contributed by atoms with Crippen molar-refractivity contribution in [2.75, 3.05) is 37.6 Å². The molecule has 1 saturated carbocycles. The first-order chi connectivity index (χ1) is 15.1. The maximum atomic E-state index is 14.1. The molecule has 1 aromatic heterocycles. The van der Waals surface area contributed by atoms with Crippen molar-refractivity contribution in [1.29, 1.82) is 0 Å². The van der Waals surface area contributed by atoms with Crippen LogP contribution in [0, 0.1) is 5.82 Å². The number of hydrogen-bond donors (Lipinski definition) is 3. The second-order valence-corrected chi connectivity index (χ2v) is 8.33. The van der Waals surface area contributed by atoms with Crippen molar-refractivity contribution in [3.05, 3.63) is 54.2 Å². The predicted molar refractivity (Wildman–Crippen MR) is 114 cm³/mol. The van der Waals surface area contributed by atoms with E-state index in [2.05, 4.69) is 10.6 Å². The number of carbonyl (C=O) groups is 2. The van der Waals surface area contributed by atoms with E-state index in [4.69, 9.17) is 4.42 Å². The zero-order chi connectivity index (χ0) is 21.6. The molecular weight excluding hydrogens is 399 g/mol. The Hall–Kier alpha value is -2.87. The third-order valence-corrected chi connectivity index (χ3v) is 6.34. The van der Waals surface area contributed by atoms with E-state index in [9.17, 15) is 14.0 Å². The number of carbonyl (C=O) groups excluding carboxylic acids is 2. The fourth-order valence-electron chi connectivity index (χ4n) is 4.62. The van der Waals surface area contributed by atoms with E-state index in [1.165, 1.54) is 11.0 Å². The van der Waals surface area contributed by atoms with Crippen molar-refractivity contribution in [3.8, 4) is 0 Å². The van der Waals surface area contributed by atoms with Crippen LogP contribution in [0.5, 0.6) is 0 Å². The lowest BCUT2D eigenvalue weighted by atomic mass is 10.1. The number of amides is 2. The third kappa shape index (κ3) is 5.25. The van der Waals surface area contributed by atoms with Gasteiger partial charge in [0.1, 0.15) is 5.82 Å². The van der Waals surface area contributed by atoms with E-state index in [1.807, 2.05) is 23.1 Å². The number of furan rings is 1. The van der Waals surface area contributed by atoms with Gasteiger partial charge in [-0.15, -0.1) is 0 Å². The van der Waals surface area contributed by atoms with Crippen LogP contribution in [0.1, 0.15) is 37.5 Å². The lowest BCUT2D eigenvalue weighted by molar-refractivity contribution is -0.932. The predicted octanol–water partition coefficient (Wildman–Crippen LogP) is 1.04. The monoisotopic (exact) mass is 429 g/mol. The summed E-state index contributed by atoms with van der Waals surface area (Å²) < 4.78 is 19.8. The summed E-state index contributed by atoms with van der Waals surface area (Å²) in [5, 5.41) is 5.61. The Morgan fingerprint density at radius 3 is 2.52 bits per heavy atom. The summed E-state index contributed by atoms with van der Waals surface area (Å²) in [5.74, 6) is -0.614. The lowest BCUT2D eigenvalue weighted by Crippen LogP contribution is -3.15. The maximum absolute atomic E-state index is 14.1. The van der Waals surface area contributed by atoms with Gasteiger partial charge in [-0.25, -0.2) is 4.39 Å². The molecule has 1 atom stereocenters. The molecule has 7 nitrogen and oxygen atoms in total. The van der Waals surface area contributed by atoms with Gasteiger partial charge < -0.3 is 24.9 Å². The summed E-state index contributed by atoms with van der Waals surface area (Å²) in [7, 11) is 0. The largest absolute Gasteiger partial charge is 0.463 e. The van der Waals surface area contributed by atoms with Crippen LogP contribution < -0.4 is 20.4 Å². The molecule has 31 heavy (non-hydrogen) atoms. The van der Waals surface area contributed by atoms with Gasteiger partial charge in [0.15, 0.2) is 11.8 Å². The molecule has 8 heteroatoms. The molecule has 2 fully saturated rings. The first-order valence-corrected chi connectivity index (χ1v) is 11.1. The van der Waals surface area contributed by atoms with Gasteiger partial charge in [-0.3, -0.25) is 9.59 Å². The fourth-order valence-corrected chi connectivity index (χ4v) is 4.62. The lowest BCUT2D eigenvalue weighted by Gasteiger charge is -2.37. The van der Waals surface area contributed by atoms with Gasteiger partial charge >= 0.3 is 11.8 Å². The highest BCUT2D eigenvalue weighted by Gasteiger charge is 2.32. The maximum Gasteiger partial charge on any atom is 0.309 e. The minimum absolute atomic E-state index is 0.108. The summed E-state index contributed by atoms with van der Waals surface area (Å²) >= 11 is 0. The highest BCUT2D eigenvalue weighted by Crippen LogP contribution is 2.19. The summed E-state index contributed by atoms with van der Waals surface area (Å²) in [4.78, 5) is 27.8. The quantitative estimate of drug-likeness (QED) is 0.600. The molecule has 3 N–H and O–H groups in total. The number of piperazine rings is 1. The zero-order valence-electron chi connectivity index (χ0n) is 17.6. The molecular formula is C23H30FN4O3+. The number of nitrogens with one attached hydrogen (secondary N) is 3. The summed E-state index contributed by atoms with van der Waals surface area (Å²) in [6.07, 6.45) is 5.67. The van der Waals surface area contributed by atoms with Crippen LogP contribution in [0.15, 0.2) is 47.1 Å². The van der Waals surface area contributed by atoms with E-state index in [0.29, 0.717) is 25.3 Å². The van der Waals surface area contributed by atoms with E-state index in [0.717, 1.165) is 44.5 Å². The van der Waals surface area contributed by atoms with Gasteiger partial charge in [-0.05, 0) is 37.1 Å². The van der Waals surface area contributed by atoms with E-state index >= 15 is 0 Å². The smallest absolute Gasteiger partial charge is 0.309 e. The molecule has 1 aliphatic heterocycles. The highest BCUT2D eigenvalue weighted by atomic mass is 19.1. The average Bonchev–Trinajstić information content (AvgIpc) is 3.49. The van der Waals surface area contributed by atoms with Crippen LogP contribution in [0.2, 0.25) is 0 Å². The molecule has 1 aliphatic carbocycles. The molecule has 4 rings (SSSR count). The Bertz CT molecular complexity index is 875. The van der Waals surface area contributed by atoms with Crippen LogP contribution in [0.3, 0.4) is 0 Å². The Kier molecular flexibility index (Phi) is 6.86. The SMILES string of the molecule is O=C(NC[C@@H](c1ccco1)[NH+]1CCN(c2ccccc2F)CC1)C(=O)NC1CCCC1. The first-order valence-electron chi connectivity index (χ1n) is 11.1. The van der Waals surface area contributed by atoms with Crippen molar-refractivity contribution in [3.63, 3.8) is 0 Å². The second kappa shape index (κ2) is 9.96. The Morgan fingerprint density at radius 1 is 1.10 bits per heavy atom. The van der Waals surface area contributed by atoms with Gasteiger partial charge in [0, 0.05) is 6.04 Å². The van der Waals surface area contributed by atoms with Crippen LogP contribution in [0.4, 0.5) is 10.1 Å². The molecule has 1 aromatic carbocycles. The van der Waals surface area contributed by atoms with Crippen molar-refractivity contribution in [2.45, 2.75) is 37.8 Å². The molecule has 2 aliphatic rings. The van der Waals surface area contributed by atoms with Crippen molar-refractivity contribution in [2.24, 2.45) is 0 Å². The van der Waals surface area contributed by atoms with Crippen molar-refractivity contribution < 1.29 is 23.3 Å². The van der Waals surface area contributed by atoms with Crippen molar-refractivity contribution in [1.82, 2.24) is 10.6 Å². The number of quaternary nitrogens is 1. The van der Waals surface area contributed by atoms with Gasteiger partial charge in [0.2, 0.25) is 0 Å². The molecule has 1 saturated heterocycles. The topological polar surface area (TPSA) is 79.0 Å². The molecule has 2 aromatic rings. The second-order valence-electron chi connectivity index (χ2n) is 8.33. The molecule has 2 heterocycles. The first kappa shape index (κ1) is 21.4. The third-order valence-electron chi connectivity index (χ3n) is 6.34. The van der Waals surface area contributed by atoms with Crippen molar-refractivity contribution >= 4 is 17.5 Å². The van der Waals surface area contributed by atoms with Gasteiger partial charge in [-0.2, -0.15) is 0 Å². The standard InChI is InChI=1S/C23H29FN4O3/c24-18-8-3-4-9-19(18)27-11-13-28(14-12-27)20(21-10-5-15-31-21)16-25-22(29)23(30)26-17-6-1-2-7-17/h3-5,8-10,15,17,20H,1-2,6-7,11-14,16H2,(H,25,29)(H,26,30)/p+1/t20-/m0/s1. The average molecular weight is 430 g/mol.